The Bertz CT molecular complexity index is 1060. The van der Waals surface area contributed by atoms with Gasteiger partial charge in [-0.25, -0.2) is 0 Å². The Morgan fingerprint density at radius 3 is 2.57 bits per heavy atom. The highest BCUT2D eigenvalue weighted by atomic mass is 19.4. The van der Waals surface area contributed by atoms with Gasteiger partial charge in [-0.3, -0.25) is 10.2 Å². The van der Waals surface area contributed by atoms with Crippen molar-refractivity contribution in [3.8, 4) is 0 Å². The first-order valence-corrected chi connectivity index (χ1v) is 13.4. The lowest BCUT2D eigenvalue weighted by Crippen LogP contribution is -2.50. The molecule has 4 rings (SSSR count). The van der Waals surface area contributed by atoms with E-state index >= 15 is 0 Å². The van der Waals surface area contributed by atoms with Crippen LogP contribution in [0.25, 0.3) is 0 Å². The summed E-state index contributed by atoms with van der Waals surface area (Å²) in [5, 5.41) is 4.38. The summed E-state index contributed by atoms with van der Waals surface area (Å²) >= 11 is 0. The van der Waals surface area contributed by atoms with Gasteiger partial charge in [0.2, 0.25) is 0 Å². The van der Waals surface area contributed by atoms with Crippen LogP contribution in [0.1, 0.15) is 78.2 Å². The summed E-state index contributed by atoms with van der Waals surface area (Å²) in [5.74, 6) is 1.30. The zero-order valence-corrected chi connectivity index (χ0v) is 22.3. The fraction of sp³-hybridized carbons (Fsp3) is 0.600. The Morgan fingerprint density at radius 1 is 1.19 bits per heavy atom. The molecule has 1 N–H and O–H groups in total. The van der Waals surface area contributed by atoms with Crippen LogP contribution in [0.4, 0.5) is 18.9 Å². The number of carbonyl (C=O) groups excluding carboxylic acids is 1. The molecule has 0 bridgehead atoms. The molecule has 0 amide bonds. The summed E-state index contributed by atoms with van der Waals surface area (Å²) in [6.45, 7) is 8.32. The number of benzene rings is 1. The van der Waals surface area contributed by atoms with E-state index in [1.807, 2.05) is 6.21 Å². The van der Waals surface area contributed by atoms with Crippen molar-refractivity contribution in [3.63, 3.8) is 0 Å². The molecule has 4 nitrogen and oxygen atoms in total. The number of fused-ring (bicyclic) bond motifs is 3. The number of ether oxygens (including phenoxy) is 1. The quantitative estimate of drug-likeness (QED) is 0.180. The molecule has 37 heavy (non-hydrogen) atoms. The van der Waals surface area contributed by atoms with Crippen molar-refractivity contribution in [1.82, 2.24) is 0 Å². The summed E-state index contributed by atoms with van der Waals surface area (Å²) in [6.07, 6.45) is 11.3. The van der Waals surface area contributed by atoms with Gasteiger partial charge < -0.3 is 4.74 Å². The molecule has 2 fully saturated rings. The number of hydrazone groups is 1. The van der Waals surface area contributed by atoms with Crippen molar-refractivity contribution in [2.75, 3.05) is 5.43 Å². The minimum atomic E-state index is -4.35. The van der Waals surface area contributed by atoms with Gasteiger partial charge >= 0.3 is 12.1 Å². The highest BCUT2D eigenvalue weighted by molar-refractivity contribution is 5.66. The Kier molecular flexibility index (Phi) is 7.91. The molecule has 0 unspecified atom stereocenters. The van der Waals surface area contributed by atoms with Gasteiger partial charge in [-0.05, 0) is 98.3 Å². The molecule has 0 radical (unpaired) electrons. The number of allylic oxidation sites excluding steroid dienone is 3. The third-order valence-corrected chi connectivity index (χ3v) is 9.23. The van der Waals surface area contributed by atoms with Crippen molar-refractivity contribution in [2.24, 2.45) is 33.7 Å². The first-order chi connectivity index (χ1) is 17.5. The number of nitrogens with one attached hydrogen (secondary N) is 1. The van der Waals surface area contributed by atoms with Crippen LogP contribution in [0.2, 0.25) is 0 Å². The van der Waals surface area contributed by atoms with Gasteiger partial charge in [0.05, 0.1) is 11.3 Å². The first-order valence-electron chi connectivity index (χ1n) is 13.4. The largest absolute Gasteiger partial charge is 0.462 e. The Hall–Kier alpha value is -2.57. The summed E-state index contributed by atoms with van der Waals surface area (Å²) in [6, 6.07) is 4.94. The number of halogens is 3. The fourth-order valence-corrected chi connectivity index (χ4v) is 7.36. The molecule has 0 spiro atoms. The van der Waals surface area contributed by atoms with E-state index in [4.69, 9.17) is 4.74 Å². The van der Waals surface area contributed by atoms with Gasteiger partial charge in [0.15, 0.2) is 0 Å². The number of esters is 1. The number of alkyl halides is 3. The van der Waals surface area contributed by atoms with E-state index in [-0.39, 0.29) is 22.9 Å². The van der Waals surface area contributed by atoms with E-state index in [1.54, 1.807) is 0 Å². The zero-order valence-electron chi connectivity index (χ0n) is 22.3. The van der Waals surface area contributed by atoms with Gasteiger partial charge in [-0.1, -0.05) is 37.6 Å². The number of nitrogens with zero attached hydrogens (tertiary/aromatic N) is 1. The maximum absolute atomic E-state index is 12.8. The molecule has 1 aromatic rings. The van der Waals surface area contributed by atoms with Crippen molar-refractivity contribution < 1.29 is 22.7 Å². The molecule has 3 aliphatic carbocycles. The van der Waals surface area contributed by atoms with Crippen LogP contribution >= 0.6 is 0 Å². The second kappa shape index (κ2) is 10.7. The minimum Gasteiger partial charge on any atom is -0.462 e. The lowest BCUT2D eigenvalue weighted by atomic mass is 9.47. The first kappa shape index (κ1) is 27.5. The van der Waals surface area contributed by atoms with E-state index in [2.05, 4.69) is 49.5 Å². The third-order valence-electron chi connectivity index (χ3n) is 9.23. The molecular formula is C30H39F3N2O2. The highest BCUT2D eigenvalue weighted by Gasteiger charge is 2.54. The summed E-state index contributed by atoms with van der Waals surface area (Å²) < 4.78 is 44.0. The monoisotopic (exact) mass is 516 g/mol. The standard InChI is InChI=1S/C30H39F3N2O2/c1-5-15-28(3)16-13-27-25(11-8-22-19-24(37-20(2)36)12-17-29(22,27)4)26(28)14-18-34-35-23-9-6-21(7-10-23)30(31,32)33/h5-10,15,18,24-27,35H,11-14,16-17,19H2,1-4H3/b15-5+,34-18+/t24-,25-,26-,27-,28-,29-/m0/s1. The zero-order chi connectivity index (χ0) is 26.8. The Balaban J connectivity index is 1.49. The molecule has 0 aliphatic heterocycles. The molecule has 202 valence electrons. The maximum Gasteiger partial charge on any atom is 0.416 e. The SMILES string of the molecule is C/C=C/[C@@]1(C)CC[C@H]2[C@@H](CC=C3C[C@@H](OC(C)=O)CC[C@@]32C)[C@@H]1C/C=N/Nc1ccc(C(F)(F)F)cc1. The van der Waals surface area contributed by atoms with Gasteiger partial charge in [0, 0.05) is 19.6 Å². The second-order valence-electron chi connectivity index (χ2n) is 11.5. The molecular weight excluding hydrogens is 477 g/mol. The van der Waals surface area contributed by atoms with Gasteiger partial charge in [-0.15, -0.1) is 0 Å². The predicted molar refractivity (Wildman–Crippen MR) is 141 cm³/mol. The smallest absolute Gasteiger partial charge is 0.416 e. The van der Waals surface area contributed by atoms with Gasteiger partial charge in [-0.2, -0.15) is 18.3 Å². The lowest BCUT2D eigenvalue weighted by molar-refractivity contribution is -0.148. The van der Waals surface area contributed by atoms with Crippen LogP contribution in [0.15, 0.2) is 53.2 Å². The number of carbonyl (C=O) groups is 1. The molecule has 0 heterocycles. The number of rotatable bonds is 6. The lowest BCUT2D eigenvalue weighted by Gasteiger charge is -2.58. The minimum absolute atomic E-state index is 0.00976. The average Bonchev–Trinajstić information content (AvgIpc) is 2.82. The van der Waals surface area contributed by atoms with Crippen molar-refractivity contribution in [3.05, 3.63) is 53.6 Å². The van der Waals surface area contributed by atoms with E-state index in [0.29, 0.717) is 23.4 Å². The van der Waals surface area contributed by atoms with Crippen LogP contribution in [0, 0.1) is 28.6 Å². The fourth-order valence-electron chi connectivity index (χ4n) is 7.36. The highest BCUT2D eigenvalue weighted by Crippen LogP contribution is 2.62. The van der Waals surface area contributed by atoms with Gasteiger partial charge in [0.1, 0.15) is 6.10 Å². The Labute approximate surface area is 218 Å². The summed E-state index contributed by atoms with van der Waals surface area (Å²) in [4.78, 5) is 11.5. The maximum atomic E-state index is 12.8. The average molecular weight is 517 g/mol. The molecule has 1 aromatic carbocycles. The molecule has 0 aromatic heterocycles. The van der Waals surface area contributed by atoms with E-state index in [9.17, 15) is 18.0 Å². The molecule has 7 heteroatoms. The van der Waals surface area contributed by atoms with Crippen molar-refractivity contribution in [2.45, 2.75) is 84.9 Å². The molecule has 6 atom stereocenters. The number of anilines is 1. The normalized spacial score (nSPS) is 34.1. The number of hydrogen-bond donors (Lipinski definition) is 1. The molecule has 0 saturated heterocycles. The topological polar surface area (TPSA) is 50.7 Å². The van der Waals surface area contributed by atoms with Crippen LogP contribution in [-0.2, 0) is 15.7 Å². The molecule has 2 saturated carbocycles. The van der Waals surface area contributed by atoms with E-state index in [1.165, 1.54) is 31.1 Å². The van der Waals surface area contributed by atoms with Crippen LogP contribution in [0.5, 0.6) is 0 Å². The molecule has 3 aliphatic rings. The van der Waals surface area contributed by atoms with Crippen LogP contribution < -0.4 is 5.43 Å². The van der Waals surface area contributed by atoms with E-state index < -0.39 is 11.7 Å². The van der Waals surface area contributed by atoms with Crippen molar-refractivity contribution in [1.29, 1.82) is 0 Å². The van der Waals surface area contributed by atoms with E-state index in [0.717, 1.165) is 50.7 Å². The summed E-state index contributed by atoms with van der Waals surface area (Å²) in [7, 11) is 0. The summed E-state index contributed by atoms with van der Waals surface area (Å²) in [5.41, 5.74) is 4.41. The second-order valence-corrected chi connectivity index (χ2v) is 11.5. The van der Waals surface area contributed by atoms with Crippen molar-refractivity contribution >= 4 is 17.9 Å². The van der Waals surface area contributed by atoms with Gasteiger partial charge in [0.25, 0.3) is 0 Å². The van der Waals surface area contributed by atoms with Crippen LogP contribution in [-0.4, -0.2) is 18.3 Å². The third kappa shape index (κ3) is 5.80. The number of hydrogen-bond acceptors (Lipinski definition) is 4. The van der Waals surface area contributed by atoms with Crippen LogP contribution in [0.3, 0.4) is 0 Å². The predicted octanol–water partition coefficient (Wildman–Crippen LogP) is 8.17. The Morgan fingerprint density at radius 2 is 1.92 bits per heavy atom.